The van der Waals surface area contributed by atoms with E-state index in [0.29, 0.717) is 5.01 Å². The van der Waals surface area contributed by atoms with Gasteiger partial charge < -0.3 is 9.94 Å². The van der Waals surface area contributed by atoms with Crippen LogP contribution in [0.4, 0.5) is 0 Å². The van der Waals surface area contributed by atoms with E-state index >= 15 is 0 Å². The van der Waals surface area contributed by atoms with Crippen molar-refractivity contribution in [2.45, 2.75) is 6.92 Å². The van der Waals surface area contributed by atoms with Gasteiger partial charge in [-0.3, -0.25) is 9.63 Å². The summed E-state index contributed by atoms with van der Waals surface area (Å²) in [5.41, 5.74) is 1.83. The third-order valence-electron chi connectivity index (χ3n) is 1.63. The maximum atomic E-state index is 10.9. The molecule has 0 atom stereocenters. The second-order valence-corrected chi connectivity index (χ2v) is 4.06. The lowest BCUT2D eigenvalue weighted by Gasteiger charge is -2.01. The number of oxime groups is 1. The zero-order chi connectivity index (χ0) is 13.5. The summed E-state index contributed by atoms with van der Waals surface area (Å²) in [4.78, 5) is 34.8. The Morgan fingerprint density at radius 2 is 2.33 bits per heavy atom. The van der Waals surface area contributed by atoms with E-state index in [4.69, 9.17) is 5.11 Å². The molecule has 0 saturated heterocycles. The number of carboxylic acid groups (broad SMARTS) is 1. The highest BCUT2D eigenvalue weighted by Gasteiger charge is 2.17. The summed E-state index contributed by atoms with van der Waals surface area (Å²) in [6.07, 6.45) is 0. The van der Waals surface area contributed by atoms with Gasteiger partial charge in [-0.25, -0.2) is 15.3 Å². The minimum atomic E-state index is -1.28. The molecule has 1 heterocycles. The number of nitrogens with one attached hydrogen (secondary N) is 1. The number of rotatable bonds is 6. The summed E-state index contributed by atoms with van der Waals surface area (Å²) in [5, 5.41) is 14.6. The molecule has 0 spiro atoms. The molecule has 98 valence electrons. The number of aromatic nitrogens is 1. The van der Waals surface area contributed by atoms with Gasteiger partial charge in [-0.15, -0.1) is 11.3 Å². The number of nitrogens with zero attached hydrogens (tertiary/aromatic N) is 2. The molecule has 0 aliphatic carbocycles. The molecule has 0 fully saturated rings. The van der Waals surface area contributed by atoms with E-state index in [1.165, 1.54) is 18.4 Å². The highest BCUT2D eigenvalue weighted by molar-refractivity contribution is 7.09. The van der Waals surface area contributed by atoms with Crippen LogP contribution in [0.3, 0.4) is 0 Å². The van der Waals surface area contributed by atoms with Crippen LogP contribution in [0.2, 0.25) is 0 Å². The SMILES string of the molecule is CONC(=O)CO/N=C(\C(=O)O)c1csc(C)n1. The first-order chi connectivity index (χ1) is 8.54. The Morgan fingerprint density at radius 1 is 1.61 bits per heavy atom. The van der Waals surface area contributed by atoms with Crippen molar-refractivity contribution in [2.75, 3.05) is 13.7 Å². The molecule has 0 radical (unpaired) electrons. The Bertz CT molecular complexity index is 471. The van der Waals surface area contributed by atoms with E-state index in [1.807, 2.05) is 5.48 Å². The lowest BCUT2D eigenvalue weighted by atomic mass is 10.3. The standard InChI is InChI=1S/C9H11N3O5S/c1-5-10-6(4-18-5)8(9(14)15)12-17-3-7(13)11-16-2/h4H,3H2,1-2H3,(H,11,13)(H,14,15)/b12-8-. The van der Waals surface area contributed by atoms with Crippen molar-refractivity contribution < 1.29 is 24.4 Å². The number of aryl methyl sites for hydroxylation is 1. The van der Waals surface area contributed by atoms with E-state index in [2.05, 4.69) is 19.8 Å². The molecule has 8 nitrogen and oxygen atoms in total. The maximum absolute atomic E-state index is 10.9. The number of hydrogen-bond donors (Lipinski definition) is 2. The summed E-state index contributed by atoms with van der Waals surface area (Å²) in [5.74, 6) is -1.87. The lowest BCUT2D eigenvalue weighted by Crippen LogP contribution is -2.26. The average molecular weight is 273 g/mol. The summed E-state index contributed by atoms with van der Waals surface area (Å²) < 4.78 is 0. The Hall–Kier alpha value is -2.00. The third-order valence-corrected chi connectivity index (χ3v) is 2.41. The van der Waals surface area contributed by atoms with Crippen molar-refractivity contribution in [2.24, 2.45) is 5.16 Å². The van der Waals surface area contributed by atoms with Crippen molar-refractivity contribution >= 4 is 28.9 Å². The zero-order valence-corrected chi connectivity index (χ0v) is 10.5. The van der Waals surface area contributed by atoms with Gasteiger partial charge in [-0.05, 0) is 6.92 Å². The molecule has 1 aromatic heterocycles. The predicted molar refractivity (Wildman–Crippen MR) is 62.1 cm³/mol. The second kappa shape index (κ2) is 6.67. The number of thiazole rings is 1. The molecule has 0 aromatic carbocycles. The minimum Gasteiger partial charge on any atom is -0.476 e. The van der Waals surface area contributed by atoms with Gasteiger partial charge in [0.2, 0.25) is 5.71 Å². The van der Waals surface area contributed by atoms with Crippen molar-refractivity contribution in [1.29, 1.82) is 0 Å². The van der Waals surface area contributed by atoms with Crippen LogP contribution in [0.5, 0.6) is 0 Å². The van der Waals surface area contributed by atoms with E-state index in [-0.39, 0.29) is 11.4 Å². The van der Waals surface area contributed by atoms with Gasteiger partial charge >= 0.3 is 5.97 Å². The quantitative estimate of drug-likeness (QED) is 0.554. The first-order valence-electron chi connectivity index (χ1n) is 4.72. The van der Waals surface area contributed by atoms with Gasteiger partial charge in [0.25, 0.3) is 5.91 Å². The van der Waals surface area contributed by atoms with Crippen molar-refractivity contribution in [3.8, 4) is 0 Å². The predicted octanol–water partition coefficient (Wildman–Crippen LogP) is -0.0656. The lowest BCUT2D eigenvalue weighted by molar-refractivity contribution is -0.136. The summed E-state index contributed by atoms with van der Waals surface area (Å²) in [6.45, 7) is 1.29. The molecule has 18 heavy (non-hydrogen) atoms. The molecule has 9 heteroatoms. The van der Waals surface area contributed by atoms with Crippen molar-refractivity contribution in [3.05, 3.63) is 16.1 Å². The van der Waals surface area contributed by atoms with Crippen LogP contribution in [0.15, 0.2) is 10.5 Å². The first-order valence-corrected chi connectivity index (χ1v) is 5.60. The van der Waals surface area contributed by atoms with E-state index < -0.39 is 18.5 Å². The van der Waals surface area contributed by atoms with Crippen LogP contribution in [-0.4, -0.2) is 41.4 Å². The van der Waals surface area contributed by atoms with Crippen LogP contribution < -0.4 is 5.48 Å². The highest BCUT2D eigenvalue weighted by atomic mass is 32.1. The largest absolute Gasteiger partial charge is 0.476 e. The molecule has 0 aliphatic heterocycles. The van der Waals surface area contributed by atoms with Gasteiger partial charge in [-0.1, -0.05) is 5.16 Å². The smallest absolute Gasteiger partial charge is 0.360 e. The molecule has 0 unspecified atom stereocenters. The van der Waals surface area contributed by atoms with Crippen molar-refractivity contribution in [1.82, 2.24) is 10.5 Å². The fraction of sp³-hybridized carbons (Fsp3) is 0.333. The van der Waals surface area contributed by atoms with Crippen LogP contribution >= 0.6 is 11.3 Å². The van der Waals surface area contributed by atoms with Gasteiger partial charge in [-0.2, -0.15) is 0 Å². The normalized spacial score (nSPS) is 11.1. The van der Waals surface area contributed by atoms with E-state index in [9.17, 15) is 9.59 Å². The van der Waals surface area contributed by atoms with E-state index in [0.717, 1.165) is 0 Å². The number of amides is 1. The zero-order valence-electron chi connectivity index (χ0n) is 9.67. The molecule has 0 saturated carbocycles. The molecule has 1 aromatic rings. The number of hydrogen-bond acceptors (Lipinski definition) is 7. The third kappa shape index (κ3) is 4.11. The Morgan fingerprint density at radius 3 is 2.83 bits per heavy atom. The van der Waals surface area contributed by atoms with Gasteiger partial charge in [0.05, 0.1) is 12.1 Å². The Labute approximate surface area is 106 Å². The topological polar surface area (TPSA) is 110 Å². The Kier molecular flexibility index (Phi) is 5.21. The molecule has 0 aliphatic rings. The number of hydroxylamine groups is 1. The van der Waals surface area contributed by atoms with Gasteiger partial charge in [0.15, 0.2) is 6.61 Å². The summed E-state index contributed by atoms with van der Waals surface area (Å²) in [6, 6.07) is 0. The van der Waals surface area contributed by atoms with Crippen molar-refractivity contribution in [3.63, 3.8) is 0 Å². The number of carbonyl (C=O) groups excluding carboxylic acids is 1. The summed E-state index contributed by atoms with van der Waals surface area (Å²) in [7, 11) is 1.27. The maximum Gasteiger partial charge on any atom is 0.360 e. The molecule has 1 rings (SSSR count). The fourth-order valence-electron chi connectivity index (χ4n) is 0.966. The molecular weight excluding hydrogens is 262 g/mol. The monoisotopic (exact) mass is 273 g/mol. The Balaban J connectivity index is 2.68. The van der Waals surface area contributed by atoms with Gasteiger partial charge in [0, 0.05) is 5.38 Å². The number of carbonyl (C=O) groups is 2. The first kappa shape index (κ1) is 14.1. The highest BCUT2D eigenvalue weighted by Crippen LogP contribution is 2.09. The average Bonchev–Trinajstić information content (AvgIpc) is 2.71. The number of carboxylic acids is 1. The fourth-order valence-corrected chi connectivity index (χ4v) is 1.56. The van der Waals surface area contributed by atoms with Crippen LogP contribution in [-0.2, 0) is 19.3 Å². The second-order valence-electron chi connectivity index (χ2n) is 3.00. The van der Waals surface area contributed by atoms with Crippen LogP contribution in [0.25, 0.3) is 0 Å². The molecule has 1 amide bonds. The molecule has 0 bridgehead atoms. The summed E-state index contributed by atoms with van der Waals surface area (Å²) >= 11 is 1.29. The van der Waals surface area contributed by atoms with Gasteiger partial charge in [0.1, 0.15) is 5.69 Å². The van der Waals surface area contributed by atoms with Crippen LogP contribution in [0.1, 0.15) is 10.7 Å². The number of aliphatic carboxylic acids is 1. The van der Waals surface area contributed by atoms with E-state index in [1.54, 1.807) is 12.3 Å². The minimum absolute atomic E-state index is 0.192. The van der Waals surface area contributed by atoms with Crippen LogP contribution in [0, 0.1) is 6.92 Å². The molecule has 2 N–H and O–H groups in total. The molecular formula is C9H11N3O5S.